The van der Waals surface area contributed by atoms with Crippen molar-refractivity contribution in [2.75, 3.05) is 0 Å². The molecule has 0 bridgehead atoms. The minimum Gasteiger partial charge on any atom is -0.324 e. The van der Waals surface area contributed by atoms with Gasteiger partial charge in [0.15, 0.2) is 0 Å². The summed E-state index contributed by atoms with van der Waals surface area (Å²) in [6, 6.07) is 10.6. The number of fused-ring (bicyclic) bond motifs is 1. The molecule has 0 aliphatic heterocycles. The Kier molecular flexibility index (Phi) is 2.52. The zero-order chi connectivity index (χ0) is 13.8. The molecular formula is C17H22N2. The molecule has 19 heavy (non-hydrogen) atoms. The Morgan fingerprint density at radius 3 is 2.42 bits per heavy atom. The van der Waals surface area contributed by atoms with Gasteiger partial charge >= 0.3 is 0 Å². The number of nitrogens with two attached hydrogens (primary N) is 1. The van der Waals surface area contributed by atoms with Gasteiger partial charge in [-0.05, 0) is 34.4 Å². The van der Waals surface area contributed by atoms with Crippen LogP contribution in [0.3, 0.4) is 0 Å². The third-order valence-electron chi connectivity index (χ3n) is 5.51. The molecule has 1 aromatic carbocycles. The smallest absolute Gasteiger partial charge is 0.0705 e. The summed E-state index contributed by atoms with van der Waals surface area (Å²) in [6.45, 7) is 9.27. The number of pyridine rings is 1. The van der Waals surface area contributed by atoms with Crippen LogP contribution < -0.4 is 5.73 Å². The van der Waals surface area contributed by atoms with Crippen molar-refractivity contribution in [3.05, 3.63) is 42.1 Å². The van der Waals surface area contributed by atoms with Crippen LogP contribution in [0, 0.1) is 16.7 Å². The monoisotopic (exact) mass is 254 g/mol. The Hall–Kier alpha value is -1.41. The maximum atomic E-state index is 6.51. The van der Waals surface area contributed by atoms with Crippen LogP contribution >= 0.6 is 0 Å². The molecule has 1 aliphatic rings. The average Bonchev–Trinajstić information content (AvgIpc) is 2.78. The highest BCUT2D eigenvalue weighted by molar-refractivity contribution is 5.79. The number of nitrogens with zero attached hydrogens (tertiary/aromatic N) is 1. The van der Waals surface area contributed by atoms with Crippen molar-refractivity contribution < 1.29 is 0 Å². The first-order chi connectivity index (χ1) is 8.85. The van der Waals surface area contributed by atoms with Crippen LogP contribution in [0.5, 0.6) is 0 Å². The highest BCUT2D eigenvalue weighted by atomic mass is 14.8. The van der Waals surface area contributed by atoms with Gasteiger partial charge in [-0.3, -0.25) is 4.98 Å². The largest absolute Gasteiger partial charge is 0.324 e. The van der Waals surface area contributed by atoms with Gasteiger partial charge in [0, 0.05) is 17.6 Å². The van der Waals surface area contributed by atoms with E-state index >= 15 is 0 Å². The molecule has 1 unspecified atom stereocenters. The molecule has 2 aromatic rings. The standard InChI is InChI=1S/C17H22N2/c1-16(2)15(17(16,3)4)14(18)12-8-7-11-6-5-9-19-13(11)10-12/h5-10,14-15H,18H2,1-4H3. The fourth-order valence-corrected chi connectivity index (χ4v) is 3.63. The van der Waals surface area contributed by atoms with Crippen molar-refractivity contribution in [2.24, 2.45) is 22.5 Å². The Morgan fingerprint density at radius 1 is 1.11 bits per heavy atom. The zero-order valence-electron chi connectivity index (χ0n) is 12.1. The van der Waals surface area contributed by atoms with Crippen LogP contribution in [0.4, 0.5) is 0 Å². The second kappa shape index (κ2) is 3.80. The minimum absolute atomic E-state index is 0.0939. The molecule has 0 amide bonds. The van der Waals surface area contributed by atoms with E-state index in [0.717, 1.165) is 5.52 Å². The number of hydrogen-bond donors (Lipinski definition) is 1. The summed E-state index contributed by atoms with van der Waals surface area (Å²) >= 11 is 0. The second-order valence-electron chi connectivity index (χ2n) is 6.90. The third kappa shape index (κ3) is 1.70. The van der Waals surface area contributed by atoms with Crippen molar-refractivity contribution >= 4 is 10.9 Å². The van der Waals surface area contributed by atoms with E-state index in [-0.39, 0.29) is 6.04 Å². The van der Waals surface area contributed by atoms with Crippen molar-refractivity contribution in [3.8, 4) is 0 Å². The van der Waals surface area contributed by atoms with Crippen LogP contribution in [0.1, 0.15) is 39.3 Å². The van der Waals surface area contributed by atoms with Crippen molar-refractivity contribution in [3.63, 3.8) is 0 Å². The van der Waals surface area contributed by atoms with Gasteiger partial charge in [0.05, 0.1) is 5.52 Å². The number of aromatic nitrogens is 1. The summed E-state index contributed by atoms with van der Waals surface area (Å²) in [6.07, 6.45) is 1.84. The van der Waals surface area contributed by atoms with E-state index in [1.807, 2.05) is 12.3 Å². The van der Waals surface area contributed by atoms with E-state index in [4.69, 9.17) is 5.73 Å². The molecule has 2 nitrogen and oxygen atoms in total. The molecule has 1 fully saturated rings. The Labute approximate surface area is 115 Å². The molecule has 3 rings (SSSR count). The maximum absolute atomic E-state index is 6.51. The van der Waals surface area contributed by atoms with E-state index in [9.17, 15) is 0 Å². The molecule has 1 atom stereocenters. The van der Waals surface area contributed by atoms with Gasteiger partial charge in [-0.2, -0.15) is 0 Å². The summed E-state index contributed by atoms with van der Waals surface area (Å²) in [7, 11) is 0. The first kappa shape index (κ1) is 12.6. The van der Waals surface area contributed by atoms with Gasteiger partial charge in [0.25, 0.3) is 0 Å². The van der Waals surface area contributed by atoms with Crippen LogP contribution in [-0.2, 0) is 0 Å². The van der Waals surface area contributed by atoms with Crippen molar-refractivity contribution in [1.29, 1.82) is 0 Å². The highest BCUT2D eigenvalue weighted by Crippen LogP contribution is 2.71. The van der Waals surface area contributed by atoms with Crippen LogP contribution in [-0.4, -0.2) is 4.98 Å². The summed E-state index contributed by atoms with van der Waals surface area (Å²) < 4.78 is 0. The van der Waals surface area contributed by atoms with Crippen LogP contribution in [0.2, 0.25) is 0 Å². The van der Waals surface area contributed by atoms with E-state index in [0.29, 0.717) is 16.7 Å². The lowest BCUT2D eigenvalue weighted by Gasteiger charge is -2.15. The molecule has 1 saturated carbocycles. The highest BCUT2D eigenvalue weighted by Gasteiger charge is 2.66. The van der Waals surface area contributed by atoms with E-state index < -0.39 is 0 Å². The Bertz CT molecular complexity index is 614. The lowest BCUT2D eigenvalue weighted by Crippen LogP contribution is -2.16. The predicted octanol–water partition coefficient (Wildman–Crippen LogP) is 3.92. The lowest BCUT2D eigenvalue weighted by molar-refractivity contribution is 0.457. The minimum atomic E-state index is 0.0939. The summed E-state index contributed by atoms with van der Waals surface area (Å²) in [4.78, 5) is 4.42. The van der Waals surface area contributed by atoms with Gasteiger partial charge in [0.1, 0.15) is 0 Å². The quantitative estimate of drug-likeness (QED) is 0.882. The van der Waals surface area contributed by atoms with E-state index in [2.05, 4.69) is 56.9 Å². The fraction of sp³-hybridized carbons (Fsp3) is 0.471. The Morgan fingerprint density at radius 2 is 1.79 bits per heavy atom. The number of rotatable bonds is 2. The molecule has 1 aromatic heterocycles. The lowest BCUT2D eigenvalue weighted by atomic mass is 9.96. The molecule has 2 N–H and O–H groups in total. The first-order valence-corrected chi connectivity index (χ1v) is 6.96. The molecule has 2 heteroatoms. The normalized spacial score (nSPS) is 22.4. The SMILES string of the molecule is CC1(C)C(C(N)c2ccc3cccnc3c2)C1(C)C. The summed E-state index contributed by atoms with van der Waals surface area (Å²) in [5, 5.41) is 1.17. The van der Waals surface area contributed by atoms with Gasteiger partial charge in [-0.15, -0.1) is 0 Å². The molecule has 1 heterocycles. The molecule has 0 saturated heterocycles. The first-order valence-electron chi connectivity index (χ1n) is 6.96. The average molecular weight is 254 g/mol. The van der Waals surface area contributed by atoms with Gasteiger partial charge in [-0.1, -0.05) is 45.9 Å². The number of benzene rings is 1. The summed E-state index contributed by atoms with van der Waals surface area (Å²) in [5.41, 5.74) is 9.37. The predicted molar refractivity (Wildman–Crippen MR) is 79.7 cm³/mol. The zero-order valence-corrected chi connectivity index (χ0v) is 12.1. The molecule has 0 radical (unpaired) electrons. The second-order valence-corrected chi connectivity index (χ2v) is 6.90. The molecular weight excluding hydrogens is 232 g/mol. The topological polar surface area (TPSA) is 38.9 Å². The Balaban J connectivity index is 1.97. The van der Waals surface area contributed by atoms with Gasteiger partial charge < -0.3 is 5.73 Å². The van der Waals surface area contributed by atoms with Gasteiger partial charge in [0.2, 0.25) is 0 Å². The maximum Gasteiger partial charge on any atom is 0.0705 e. The van der Waals surface area contributed by atoms with Crippen molar-refractivity contribution in [1.82, 2.24) is 4.98 Å². The summed E-state index contributed by atoms with van der Waals surface area (Å²) in [5.74, 6) is 0.529. The number of hydrogen-bond acceptors (Lipinski definition) is 2. The molecule has 1 aliphatic carbocycles. The van der Waals surface area contributed by atoms with Gasteiger partial charge in [-0.25, -0.2) is 0 Å². The van der Waals surface area contributed by atoms with Crippen molar-refractivity contribution in [2.45, 2.75) is 33.7 Å². The third-order valence-corrected chi connectivity index (χ3v) is 5.51. The van der Waals surface area contributed by atoms with Crippen LogP contribution in [0.15, 0.2) is 36.5 Å². The van der Waals surface area contributed by atoms with E-state index in [1.165, 1.54) is 10.9 Å². The fourth-order valence-electron chi connectivity index (χ4n) is 3.63. The molecule has 0 spiro atoms. The molecule has 100 valence electrons. The van der Waals surface area contributed by atoms with E-state index in [1.54, 1.807) is 0 Å². The van der Waals surface area contributed by atoms with Crippen LogP contribution in [0.25, 0.3) is 10.9 Å².